The fourth-order valence-corrected chi connectivity index (χ4v) is 6.74. The number of rotatable bonds is 1. The van der Waals surface area contributed by atoms with Crippen molar-refractivity contribution in [3.63, 3.8) is 0 Å². The number of sulfone groups is 1. The monoisotopic (exact) mass is 366 g/mol. The molecule has 24 heavy (non-hydrogen) atoms. The fraction of sp³-hybridized carbons (Fsp3) is 0.529. The molecule has 0 aliphatic carbocycles. The van der Waals surface area contributed by atoms with Gasteiger partial charge in [-0.2, -0.15) is 4.99 Å². The Hall–Kier alpha value is -1.34. The fourth-order valence-electron chi connectivity index (χ4n) is 2.83. The molecule has 0 aromatic heterocycles. The van der Waals surface area contributed by atoms with Crippen LogP contribution in [0.2, 0.25) is 0 Å². The highest BCUT2D eigenvalue weighted by Gasteiger charge is 2.49. The lowest BCUT2D eigenvalue weighted by Crippen LogP contribution is -2.38. The van der Waals surface area contributed by atoms with Crippen LogP contribution in [-0.4, -0.2) is 42.3 Å². The molecule has 130 valence electrons. The lowest BCUT2D eigenvalue weighted by Gasteiger charge is -2.25. The number of fused-ring (bicyclic) bond motifs is 1. The summed E-state index contributed by atoms with van der Waals surface area (Å²) >= 11 is 1.41. The van der Waals surface area contributed by atoms with Gasteiger partial charge in [0, 0.05) is 16.4 Å². The summed E-state index contributed by atoms with van der Waals surface area (Å²) in [7, 11) is -3.04. The Balaban J connectivity index is 2.01. The second-order valence-corrected chi connectivity index (χ2v) is 10.8. The molecule has 7 heteroatoms. The van der Waals surface area contributed by atoms with Crippen LogP contribution >= 0.6 is 11.8 Å². The lowest BCUT2D eigenvalue weighted by molar-refractivity contribution is -0.124. The van der Waals surface area contributed by atoms with Crippen molar-refractivity contribution in [1.82, 2.24) is 0 Å². The van der Waals surface area contributed by atoms with Gasteiger partial charge < -0.3 is 4.90 Å². The van der Waals surface area contributed by atoms with Crippen molar-refractivity contribution < 1.29 is 13.2 Å². The second kappa shape index (κ2) is 5.88. The van der Waals surface area contributed by atoms with Crippen LogP contribution in [0.1, 0.15) is 26.3 Å². The van der Waals surface area contributed by atoms with Crippen LogP contribution in [-0.2, 0) is 14.6 Å². The molecule has 0 spiro atoms. The molecule has 1 aromatic rings. The minimum absolute atomic E-state index is 0.0668. The molecular weight excluding hydrogens is 344 g/mol. The van der Waals surface area contributed by atoms with Crippen molar-refractivity contribution in [3.05, 3.63) is 29.8 Å². The summed E-state index contributed by atoms with van der Waals surface area (Å²) in [5, 5.41) is 0.548. The number of carbonyl (C=O) groups excluding carboxylic acids is 1. The molecule has 2 heterocycles. The predicted molar refractivity (Wildman–Crippen MR) is 99.4 cm³/mol. The summed E-state index contributed by atoms with van der Waals surface area (Å²) < 4.78 is 24.0. The number of hydrogen-bond acceptors (Lipinski definition) is 4. The molecule has 2 atom stereocenters. The molecule has 0 N–H and O–H groups in total. The average Bonchev–Trinajstić information content (AvgIpc) is 2.90. The van der Waals surface area contributed by atoms with Crippen molar-refractivity contribution >= 4 is 38.4 Å². The second-order valence-electron chi connectivity index (χ2n) is 7.46. The number of aryl methyl sites for hydroxylation is 1. The van der Waals surface area contributed by atoms with Crippen molar-refractivity contribution in [2.45, 2.75) is 39.0 Å². The van der Waals surface area contributed by atoms with Crippen molar-refractivity contribution in [2.75, 3.05) is 16.4 Å². The van der Waals surface area contributed by atoms with E-state index in [2.05, 4.69) is 4.99 Å². The summed E-state index contributed by atoms with van der Waals surface area (Å²) in [6.07, 6.45) is 0. The van der Waals surface area contributed by atoms with Gasteiger partial charge in [0.2, 0.25) is 0 Å². The zero-order chi connectivity index (χ0) is 17.7. The van der Waals surface area contributed by atoms with Crippen LogP contribution in [0.15, 0.2) is 29.3 Å². The zero-order valence-corrected chi connectivity index (χ0v) is 15.9. The summed E-state index contributed by atoms with van der Waals surface area (Å²) in [5.74, 6) is 0.0688. The van der Waals surface area contributed by atoms with E-state index in [9.17, 15) is 13.2 Å². The maximum Gasteiger partial charge on any atom is 0.253 e. The minimum atomic E-state index is -3.04. The molecule has 0 saturated carbocycles. The quantitative estimate of drug-likeness (QED) is 0.764. The molecule has 2 saturated heterocycles. The third-order valence-electron chi connectivity index (χ3n) is 4.22. The van der Waals surface area contributed by atoms with Crippen LogP contribution in [0.25, 0.3) is 0 Å². The predicted octanol–water partition coefficient (Wildman–Crippen LogP) is 2.64. The Morgan fingerprint density at radius 3 is 2.42 bits per heavy atom. The first-order valence-electron chi connectivity index (χ1n) is 7.93. The molecule has 2 aliphatic rings. The zero-order valence-electron chi connectivity index (χ0n) is 14.3. The first-order chi connectivity index (χ1) is 11.1. The third kappa shape index (κ3) is 3.37. The number of amidine groups is 1. The molecular formula is C17H22N2O3S2. The molecule has 2 aliphatic heterocycles. The number of hydrogen-bond donors (Lipinski definition) is 0. The van der Waals surface area contributed by atoms with Crippen LogP contribution in [0.3, 0.4) is 0 Å². The Kier molecular flexibility index (Phi) is 4.28. The van der Waals surface area contributed by atoms with Gasteiger partial charge in [-0.05, 0) is 19.1 Å². The number of nitrogens with zero attached hydrogens (tertiary/aromatic N) is 2. The van der Waals surface area contributed by atoms with E-state index in [0.29, 0.717) is 5.17 Å². The van der Waals surface area contributed by atoms with Gasteiger partial charge in [-0.15, -0.1) is 0 Å². The van der Waals surface area contributed by atoms with Crippen LogP contribution in [0, 0.1) is 12.3 Å². The summed E-state index contributed by atoms with van der Waals surface area (Å²) in [6.45, 7) is 7.50. The Bertz CT molecular complexity index is 792. The van der Waals surface area contributed by atoms with Crippen molar-refractivity contribution in [3.8, 4) is 0 Å². The van der Waals surface area contributed by atoms with Crippen molar-refractivity contribution in [2.24, 2.45) is 10.4 Å². The van der Waals surface area contributed by atoms with E-state index in [4.69, 9.17) is 0 Å². The number of amides is 1. The van der Waals surface area contributed by atoms with Crippen LogP contribution < -0.4 is 4.90 Å². The number of thioether (sulfide) groups is 1. The SMILES string of the molecule is Cc1ccc(N2C(=NC(=O)C(C)(C)C)SC3CS(=O)(=O)CC32)cc1. The number of aliphatic imine (C=N–C) groups is 1. The molecule has 5 nitrogen and oxygen atoms in total. The van der Waals surface area contributed by atoms with Crippen LogP contribution in [0.4, 0.5) is 5.69 Å². The van der Waals surface area contributed by atoms with Gasteiger partial charge >= 0.3 is 0 Å². The molecule has 0 bridgehead atoms. The van der Waals surface area contributed by atoms with E-state index >= 15 is 0 Å². The third-order valence-corrected chi connectivity index (χ3v) is 7.43. The van der Waals surface area contributed by atoms with Gasteiger partial charge in [0.1, 0.15) is 0 Å². The molecule has 2 unspecified atom stereocenters. The Morgan fingerprint density at radius 1 is 1.21 bits per heavy atom. The van der Waals surface area contributed by atoms with Gasteiger partial charge in [0.05, 0.1) is 17.5 Å². The molecule has 3 rings (SSSR count). The summed E-state index contributed by atoms with van der Waals surface area (Å²) in [4.78, 5) is 18.6. The Morgan fingerprint density at radius 2 is 1.83 bits per heavy atom. The summed E-state index contributed by atoms with van der Waals surface area (Å²) in [6, 6.07) is 7.73. The largest absolute Gasteiger partial charge is 0.316 e. The molecule has 2 fully saturated rings. The Labute approximate surface area is 147 Å². The summed E-state index contributed by atoms with van der Waals surface area (Å²) in [5.41, 5.74) is 1.46. The first-order valence-corrected chi connectivity index (χ1v) is 10.6. The van der Waals surface area contributed by atoms with Gasteiger partial charge in [0.15, 0.2) is 15.0 Å². The van der Waals surface area contributed by atoms with E-state index in [0.717, 1.165) is 11.3 Å². The lowest BCUT2D eigenvalue weighted by atomic mass is 9.96. The molecule has 1 aromatic carbocycles. The molecule has 0 radical (unpaired) electrons. The normalized spacial score (nSPS) is 27.5. The standard InChI is InChI=1S/C17H22N2O3S2/c1-11-5-7-12(8-6-11)19-13-9-24(21,22)10-14(13)23-16(19)18-15(20)17(2,3)4/h5-8,13-14H,9-10H2,1-4H3. The first kappa shape index (κ1) is 17.5. The maximum absolute atomic E-state index is 12.4. The van der Waals surface area contributed by atoms with E-state index in [1.54, 1.807) is 0 Å². The average molecular weight is 367 g/mol. The van der Waals surface area contributed by atoms with Gasteiger partial charge in [-0.25, -0.2) is 8.42 Å². The highest BCUT2D eigenvalue weighted by molar-refractivity contribution is 8.16. The smallest absolute Gasteiger partial charge is 0.253 e. The van der Waals surface area contributed by atoms with E-state index in [-0.39, 0.29) is 28.7 Å². The maximum atomic E-state index is 12.4. The van der Waals surface area contributed by atoms with E-state index in [1.165, 1.54) is 11.8 Å². The van der Waals surface area contributed by atoms with Gasteiger partial charge in [-0.1, -0.05) is 50.2 Å². The van der Waals surface area contributed by atoms with Crippen molar-refractivity contribution in [1.29, 1.82) is 0 Å². The molecule has 1 amide bonds. The number of carbonyl (C=O) groups is 1. The van der Waals surface area contributed by atoms with Gasteiger partial charge in [-0.3, -0.25) is 4.79 Å². The van der Waals surface area contributed by atoms with Gasteiger partial charge in [0.25, 0.3) is 5.91 Å². The highest BCUT2D eigenvalue weighted by Crippen LogP contribution is 2.41. The topological polar surface area (TPSA) is 66.8 Å². The van der Waals surface area contributed by atoms with Crippen LogP contribution in [0.5, 0.6) is 0 Å². The highest BCUT2D eigenvalue weighted by atomic mass is 32.2. The van der Waals surface area contributed by atoms with E-state index < -0.39 is 15.3 Å². The van der Waals surface area contributed by atoms with E-state index in [1.807, 2.05) is 56.9 Å². The minimum Gasteiger partial charge on any atom is -0.316 e. The number of anilines is 1. The number of benzene rings is 1.